The Bertz CT molecular complexity index is 1430. The third-order valence-corrected chi connectivity index (χ3v) is 6.49. The number of nitrogens with zero attached hydrogens (tertiary/aromatic N) is 3. The van der Waals surface area contributed by atoms with Crippen LogP contribution in [0.3, 0.4) is 0 Å². The molecule has 0 bridgehead atoms. The maximum Gasteiger partial charge on any atom is 0.270 e. The van der Waals surface area contributed by atoms with E-state index in [1.54, 1.807) is 31.4 Å². The van der Waals surface area contributed by atoms with E-state index in [2.05, 4.69) is 20.3 Å². The number of benzene rings is 2. The molecular weight excluding hydrogens is 494 g/mol. The number of hydrogen-bond donors (Lipinski definition) is 2. The molecule has 0 radical (unpaired) electrons. The fourth-order valence-corrected chi connectivity index (χ4v) is 4.48. The van der Waals surface area contributed by atoms with Gasteiger partial charge in [0.1, 0.15) is 17.4 Å². The summed E-state index contributed by atoms with van der Waals surface area (Å²) in [6.07, 6.45) is 0. The minimum absolute atomic E-state index is 0.00759. The van der Waals surface area contributed by atoms with Crippen molar-refractivity contribution < 1.29 is 9.53 Å². The molecule has 2 aromatic carbocycles. The Morgan fingerprint density at radius 2 is 1.88 bits per heavy atom. The van der Waals surface area contributed by atoms with E-state index in [0.717, 1.165) is 28.8 Å². The van der Waals surface area contributed by atoms with Gasteiger partial charge in [0.2, 0.25) is 5.91 Å². The average Bonchev–Trinajstić information content (AvgIpc) is 3.31. The second-order valence-electron chi connectivity index (χ2n) is 6.82. The highest BCUT2D eigenvalue weighted by molar-refractivity contribution is 7.99. The first-order chi connectivity index (χ1) is 16.5. The fraction of sp³-hybridized carbons (Fsp3) is 0.0870. The summed E-state index contributed by atoms with van der Waals surface area (Å²) < 4.78 is 5.16. The highest BCUT2D eigenvalue weighted by atomic mass is 35.5. The molecule has 8 nitrogen and oxygen atoms in total. The number of thiazole rings is 1. The Labute approximate surface area is 207 Å². The highest BCUT2D eigenvalue weighted by Crippen LogP contribution is 2.27. The van der Waals surface area contributed by atoms with Gasteiger partial charge in [-0.1, -0.05) is 35.5 Å². The van der Waals surface area contributed by atoms with Crippen LogP contribution in [0.2, 0.25) is 5.02 Å². The summed E-state index contributed by atoms with van der Waals surface area (Å²) in [6, 6.07) is 16.0. The molecule has 4 aromatic rings. The van der Waals surface area contributed by atoms with Gasteiger partial charge in [-0.25, -0.2) is 9.97 Å². The molecule has 2 aromatic heterocycles. The maximum atomic E-state index is 12.4. The van der Waals surface area contributed by atoms with Gasteiger partial charge in [-0.15, -0.1) is 11.3 Å². The van der Waals surface area contributed by atoms with Crippen molar-refractivity contribution in [2.75, 3.05) is 18.2 Å². The molecule has 2 heterocycles. The minimum Gasteiger partial charge on any atom is -0.497 e. The summed E-state index contributed by atoms with van der Waals surface area (Å²) in [5.41, 5.74) is 1.77. The van der Waals surface area contributed by atoms with Crippen LogP contribution in [0.1, 0.15) is 5.56 Å². The molecule has 11 heteroatoms. The van der Waals surface area contributed by atoms with Gasteiger partial charge in [-0.2, -0.15) is 5.26 Å². The predicted molar refractivity (Wildman–Crippen MR) is 133 cm³/mol. The third-order valence-electron chi connectivity index (χ3n) is 4.60. The second-order valence-corrected chi connectivity index (χ2v) is 9.08. The van der Waals surface area contributed by atoms with Crippen LogP contribution in [-0.2, 0) is 4.79 Å². The van der Waals surface area contributed by atoms with E-state index in [1.165, 1.54) is 11.3 Å². The lowest BCUT2D eigenvalue weighted by Gasteiger charge is -2.07. The molecule has 0 aliphatic carbocycles. The van der Waals surface area contributed by atoms with Crippen molar-refractivity contribution in [2.24, 2.45) is 0 Å². The number of halogens is 1. The van der Waals surface area contributed by atoms with Crippen LogP contribution in [0.4, 0.5) is 5.13 Å². The molecule has 2 N–H and O–H groups in total. The monoisotopic (exact) mass is 509 g/mol. The number of rotatable bonds is 7. The van der Waals surface area contributed by atoms with Gasteiger partial charge in [0.25, 0.3) is 5.56 Å². The molecule has 0 aliphatic heterocycles. The number of carbonyl (C=O) groups is 1. The number of carbonyl (C=O) groups excluding carboxylic acids is 1. The molecular formula is C23H16ClN5O3S2. The number of aromatic amines is 1. The van der Waals surface area contributed by atoms with Crippen molar-refractivity contribution in [3.05, 3.63) is 74.9 Å². The number of amides is 1. The van der Waals surface area contributed by atoms with Crippen molar-refractivity contribution in [1.82, 2.24) is 15.0 Å². The Balaban J connectivity index is 1.44. The Kier molecular flexibility index (Phi) is 7.27. The van der Waals surface area contributed by atoms with Crippen LogP contribution in [0.5, 0.6) is 5.75 Å². The number of hydrogen-bond acceptors (Lipinski definition) is 8. The molecule has 0 fully saturated rings. The smallest absolute Gasteiger partial charge is 0.270 e. The van der Waals surface area contributed by atoms with E-state index in [0.29, 0.717) is 15.7 Å². The third kappa shape index (κ3) is 5.46. The van der Waals surface area contributed by atoms with Crippen molar-refractivity contribution in [3.8, 4) is 34.3 Å². The molecule has 1 amide bonds. The van der Waals surface area contributed by atoms with Crippen LogP contribution >= 0.6 is 34.7 Å². The standard InChI is InChI=1S/C23H16ClN5O3S2/c1-32-16-8-4-13(5-9-16)18-11-33-22(26-18)27-19(30)12-34-23-28-20(17(10-25)21(31)29-23)14-2-6-15(24)7-3-14/h2-9,11H,12H2,1H3,(H,26,27,30)(H,28,29,31). The molecule has 34 heavy (non-hydrogen) atoms. The maximum absolute atomic E-state index is 12.4. The molecule has 0 aliphatic rings. The van der Waals surface area contributed by atoms with E-state index >= 15 is 0 Å². The largest absolute Gasteiger partial charge is 0.497 e. The molecule has 0 saturated heterocycles. The predicted octanol–water partition coefficient (Wildman–Crippen LogP) is 4.82. The van der Waals surface area contributed by atoms with E-state index in [9.17, 15) is 14.9 Å². The lowest BCUT2D eigenvalue weighted by atomic mass is 10.1. The van der Waals surface area contributed by atoms with Gasteiger partial charge in [0.05, 0.1) is 24.3 Å². The first kappa shape index (κ1) is 23.5. The van der Waals surface area contributed by atoms with Gasteiger partial charge >= 0.3 is 0 Å². The quantitative estimate of drug-likeness (QED) is 0.270. The van der Waals surface area contributed by atoms with E-state index in [4.69, 9.17) is 16.3 Å². The number of thioether (sulfide) groups is 1. The lowest BCUT2D eigenvalue weighted by molar-refractivity contribution is -0.113. The molecule has 0 unspecified atom stereocenters. The Hall–Kier alpha value is -3.65. The Morgan fingerprint density at radius 3 is 2.56 bits per heavy atom. The van der Waals surface area contributed by atoms with E-state index in [-0.39, 0.29) is 28.1 Å². The van der Waals surface area contributed by atoms with E-state index < -0.39 is 5.56 Å². The number of nitriles is 1. The zero-order valence-corrected chi connectivity index (χ0v) is 20.1. The Morgan fingerprint density at radius 1 is 1.18 bits per heavy atom. The van der Waals surface area contributed by atoms with Crippen LogP contribution in [-0.4, -0.2) is 33.7 Å². The van der Waals surface area contributed by atoms with Gasteiger partial charge < -0.3 is 15.0 Å². The van der Waals surface area contributed by atoms with Gasteiger partial charge in [0.15, 0.2) is 10.3 Å². The number of aromatic nitrogens is 3. The summed E-state index contributed by atoms with van der Waals surface area (Å²) in [5, 5.41) is 15.2. The number of anilines is 1. The van der Waals surface area contributed by atoms with E-state index in [1.807, 2.05) is 35.7 Å². The molecule has 170 valence electrons. The minimum atomic E-state index is -0.575. The zero-order chi connectivity index (χ0) is 24.1. The first-order valence-corrected chi connectivity index (χ1v) is 12.0. The topological polar surface area (TPSA) is 121 Å². The highest BCUT2D eigenvalue weighted by Gasteiger charge is 2.15. The fourth-order valence-electron chi connectivity index (χ4n) is 2.96. The average molecular weight is 510 g/mol. The van der Waals surface area contributed by atoms with Crippen molar-refractivity contribution >= 4 is 45.7 Å². The summed E-state index contributed by atoms with van der Waals surface area (Å²) in [5.74, 6) is 0.436. The molecule has 0 atom stereocenters. The second kappa shape index (κ2) is 10.5. The zero-order valence-electron chi connectivity index (χ0n) is 17.7. The van der Waals surface area contributed by atoms with Gasteiger partial charge in [-0.3, -0.25) is 9.59 Å². The van der Waals surface area contributed by atoms with Crippen LogP contribution in [0, 0.1) is 11.3 Å². The number of ether oxygens (including phenoxy) is 1. The van der Waals surface area contributed by atoms with Gasteiger partial charge in [-0.05, 0) is 36.4 Å². The molecule has 0 saturated carbocycles. The van der Waals surface area contributed by atoms with Crippen molar-refractivity contribution in [3.63, 3.8) is 0 Å². The molecule has 0 spiro atoms. The van der Waals surface area contributed by atoms with Crippen LogP contribution in [0.25, 0.3) is 22.5 Å². The van der Waals surface area contributed by atoms with Gasteiger partial charge in [0, 0.05) is 21.5 Å². The summed E-state index contributed by atoms with van der Waals surface area (Å²) >= 11 is 8.28. The summed E-state index contributed by atoms with van der Waals surface area (Å²) in [7, 11) is 1.60. The van der Waals surface area contributed by atoms with Crippen molar-refractivity contribution in [1.29, 1.82) is 5.26 Å². The van der Waals surface area contributed by atoms with Crippen LogP contribution < -0.4 is 15.6 Å². The summed E-state index contributed by atoms with van der Waals surface area (Å²) in [4.78, 5) is 36.2. The lowest BCUT2D eigenvalue weighted by Crippen LogP contribution is -2.17. The van der Waals surface area contributed by atoms with Crippen LogP contribution in [0.15, 0.2) is 63.9 Å². The molecule has 4 rings (SSSR count). The number of nitrogens with one attached hydrogen (secondary N) is 2. The number of methoxy groups -OCH3 is 1. The normalized spacial score (nSPS) is 10.5. The summed E-state index contributed by atoms with van der Waals surface area (Å²) in [6.45, 7) is 0. The SMILES string of the molecule is COc1ccc(-c2csc(NC(=O)CSc3nc(-c4ccc(Cl)cc4)c(C#N)c(=O)[nH]3)n2)cc1. The van der Waals surface area contributed by atoms with Crippen molar-refractivity contribution in [2.45, 2.75) is 5.16 Å². The number of H-pyrrole nitrogens is 1. The first-order valence-electron chi connectivity index (χ1n) is 9.80.